The molecule has 9 heteroatoms. The van der Waals surface area contributed by atoms with E-state index in [2.05, 4.69) is 0 Å². The maximum absolute atomic E-state index is 12.4. The Morgan fingerprint density at radius 3 is 2.64 bits per heavy atom. The molecule has 1 saturated heterocycles. The first-order chi connectivity index (χ1) is 13.3. The molecule has 2 heterocycles. The first-order valence-electron chi connectivity index (χ1n) is 8.35. The van der Waals surface area contributed by atoms with Gasteiger partial charge in [0.15, 0.2) is 0 Å². The lowest BCUT2D eigenvalue weighted by molar-refractivity contribution is -0.135. The van der Waals surface area contributed by atoms with Crippen LogP contribution in [0, 0.1) is 0 Å². The van der Waals surface area contributed by atoms with E-state index in [1.54, 1.807) is 24.3 Å². The predicted molar refractivity (Wildman–Crippen MR) is 102 cm³/mol. The number of phenolic OH excluding ortho intramolecular Hbond substituents is 1. The molecule has 2 aromatic rings. The Bertz CT molecular complexity index is 907. The topological polar surface area (TPSA) is 111 Å². The van der Waals surface area contributed by atoms with Crippen LogP contribution in [0.3, 0.4) is 0 Å². The second kappa shape index (κ2) is 8.32. The second-order valence-electron chi connectivity index (χ2n) is 6.16. The fourth-order valence-corrected chi connectivity index (χ4v) is 3.38. The lowest BCUT2D eigenvalue weighted by Crippen LogP contribution is -2.41. The van der Waals surface area contributed by atoms with Gasteiger partial charge in [-0.3, -0.25) is 19.3 Å². The number of carbonyl (C=O) groups is 3. The molecule has 0 unspecified atom stereocenters. The zero-order chi connectivity index (χ0) is 20.3. The van der Waals surface area contributed by atoms with Crippen molar-refractivity contribution in [3.05, 3.63) is 58.9 Å². The Kier molecular flexibility index (Phi) is 5.86. The van der Waals surface area contributed by atoms with Crippen LogP contribution in [0.25, 0.3) is 6.08 Å². The number of rotatable bonds is 6. The molecule has 8 nitrogen and oxygen atoms in total. The van der Waals surface area contributed by atoms with Crippen molar-refractivity contribution in [1.29, 1.82) is 0 Å². The van der Waals surface area contributed by atoms with E-state index < -0.39 is 29.7 Å². The molecule has 1 aliphatic rings. The van der Waals surface area contributed by atoms with Crippen molar-refractivity contribution in [1.82, 2.24) is 9.80 Å². The number of benzene rings is 1. The molecular weight excluding hydrogens is 384 g/mol. The summed E-state index contributed by atoms with van der Waals surface area (Å²) in [6.45, 7) is -0.443. The fourth-order valence-electron chi connectivity index (χ4n) is 2.56. The Labute approximate surface area is 165 Å². The van der Waals surface area contributed by atoms with Gasteiger partial charge in [0, 0.05) is 13.1 Å². The Morgan fingerprint density at radius 2 is 2.00 bits per heavy atom. The number of aromatic hydroxyl groups is 1. The third-order valence-electron chi connectivity index (χ3n) is 4.13. The fraction of sp³-hybridized carbons (Fsp3) is 0.211. The third kappa shape index (κ3) is 4.44. The molecule has 0 radical (unpaired) electrons. The monoisotopic (exact) mass is 402 g/mol. The molecule has 28 heavy (non-hydrogen) atoms. The van der Waals surface area contributed by atoms with Gasteiger partial charge in [-0.2, -0.15) is 0 Å². The van der Waals surface area contributed by atoms with Gasteiger partial charge in [-0.25, -0.2) is 0 Å². The normalized spacial score (nSPS) is 16.6. The molecule has 1 fully saturated rings. The molecular formula is C19H18N2O6S. The Hall–Kier alpha value is -3.04. The van der Waals surface area contributed by atoms with E-state index in [0.717, 1.165) is 16.7 Å². The summed E-state index contributed by atoms with van der Waals surface area (Å²) in [5.74, 6) is -0.542. The molecule has 1 aromatic heterocycles. The summed E-state index contributed by atoms with van der Waals surface area (Å²) in [5, 5.41) is 19.0. The van der Waals surface area contributed by atoms with Gasteiger partial charge in [0.1, 0.15) is 18.1 Å². The van der Waals surface area contributed by atoms with Crippen LogP contribution in [0.15, 0.2) is 52.0 Å². The summed E-state index contributed by atoms with van der Waals surface area (Å²) in [7, 11) is 1.48. The SMILES string of the molecule is CN(C[C@@H](O)c1ccc(O)cc1)C(=O)CN1C(=O)S/C(=C\c2ccco2)C1=O. The maximum atomic E-state index is 12.4. The van der Waals surface area contributed by atoms with Crippen molar-refractivity contribution >= 4 is 34.9 Å². The number of imide groups is 1. The summed E-state index contributed by atoms with van der Waals surface area (Å²) in [6, 6.07) is 9.28. The Balaban J connectivity index is 1.61. The van der Waals surface area contributed by atoms with Gasteiger partial charge in [-0.15, -0.1) is 0 Å². The number of amides is 3. The first kappa shape index (κ1) is 19.7. The van der Waals surface area contributed by atoms with E-state index in [4.69, 9.17) is 4.42 Å². The molecule has 0 bridgehead atoms. The Morgan fingerprint density at radius 1 is 1.29 bits per heavy atom. The van der Waals surface area contributed by atoms with Crippen molar-refractivity contribution in [2.45, 2.75) is 6.10 Å². The summed E-state index contributed by atoms with van der Waals surface area (Å²) in [4.78, 5) is 39.2. The number of aliphatic hydroxyl groups excluding tert-OH is 1. The van der Waals surface area contributed by atoms with Crippen LogP contribution in [0.2, 0.25) is 0 Å². The molecule has 3 rings (SSSR count). The van der Waals surface area contributed by atoms with Crippen LogP contribution in [-0.2, 0) is 9.59 Å². The standard InChI is InChI=1S/C19H18N2O6S/c1-20(10-15(23)12-4-6-13(22)7-5-12)17(24)11-21-18(25)16(28-19(21)26)9-14-3-2-8-27-14/h2-9,15,22-23H,10-11H2,1H3/b16-9-/t15-/m1/s1. The molecule has 1 atom stereocenters. The molecule has 0 saturated carbocycles. The largest absolute Gasteiger partial charge is 0.508 e. The quantitative estimate of drug-likeness (QED) is 0.713. The van der Waals surface area contributed by atoms with Gasteiger partial charge in [0.25, 0.3) is 11.1 Å². The highest BCUT2D eigenvalue weighted by atomic mass is 32.2. The average Bonchev–Trinajstić information content (AvgIpc) is 3.26. The van der Waals surface area contributed by atoms with Crippen molar-refractivity contribution in [3.8, 4) is 5.75 Å². The highest BCUT2D eigenvalue weighted by molar-refractivity contribution is 8.18. The number of hydrogen-bond acceptors (Lipinski definition) is 7. The zero-order valence-electron chi connectivity index (χ0n) is 14.9. The summed E-state index contributed by atoms with van der Waals surface area (Å²) in [5.41, 5.74) is 0.532. The summed E-state index contributed by atoms with van der Waals surface area (Å²) in [6.07, 6.45) is 1.94. The molecule has 146 valence electrons. The second-order valence-corrected chi connectivity index (χ2v) is 7.16. The van der Waals surface area contributed by atoms with Crippen molar-refractivity contribution in [2.75, 3.05) is 20.1 Å². The maximum Gasteiger partial charge on any atom is 0.294 e. The van der Waals surface area contributed by atoms with Gasteiger partial charge in [0.05, 0.1) is 23.8 Å². The van der Waals surface area contributed by atoms with E-state index >= 15 is 0 Å². The predicted octanol–water partition coefficient (Wildman–Crippen LogP) is 2.21. The third-order valence-corrected chi connectivity index (χ3v) is 5.04. The number of aliphatic hydroxyl groups is 1. The van der Waals surface area contributed by atoms with Crippen molar-refractivity contribution < 1.29 is 29.0 Å². The van der Waals surface area contributed by atoms with Crippen LogP contribution in [0.4, 0.5) is 4.79 Å². The number of hydrogen-bond donors (Lipinski definition) is 2. The van der Waals surface area contributed by atoms with Crippen molar-refractivity contribution in [3.63, 3.8) is 0 Å². The van der Waals surface area contributed by atoms with Gasteiger partial charge >= 0.3 is 0 Å². The van der Waals surface area contributed by atoms with E-state index in [0.29, 0.717) is 11.3 Å². The average molecular weight is 402 g/mol. The molecule has 1 aromatic carbocycles. The van der Waals surface area contributed by atoms with E-state index in [1.807, 2.05) is 0 Å². The van der Waals surface area contributed by atoms with E-state index in [1.165, 1.54) is 36.4 Å². The van der Waals surface area contributed by atoms with Gasteiger partial charge < -0.3 is 19.5 Å². The summed E-state index contributed by atoms with van der Waals surface area (Å²) >= 11 is 0.741. The van der Waals surface area contributed by atoms with E-state index in [9.17, 15) is 24.6 Å². The zero-order valence-corrected chi connectivity index (χ0v) is 15.8. The molecule has 0 spiro atoms. The molecule has 1 aliphatic heterocycles. The van der Waals surface area contributed by atoms with Crippen LogP contribution in [-0.4, -0.2) is 57.2 Å². The number of thioether (sulfide) groups is 1. The van der Waals surface area contributed by atoms with Gasteiger partial charge in [0.2, 0.25) is 5.91 Å². The van der Waals surface area contributed by atoms with Crippen LogP contribution >= 0.6 is 11.8 Å². The summed E-state index contributed by atoms with van der Waals surface area (Å²) < 4.78 is 5.14. The van der Waals surface area contributed by atoms with Gasteiger partial charge in [-0.1, -0.05) is 12.1 Å². The lowest BCUT2D eigenvalue weighted by Gasteiger charge is -2.23. The van der Waals surface area contributed by atoms with Crippen LogP contribution in [0.1, 0.15) is 17.4 Å². The number of carbonyl (C=O) groups excluding carboxylic acids is 3. The number of nitrogens with zero attached hydrogens (tertiary/aromatic N) is 2. The highest BCUT2D eigenvalue weighted by Crippen LogP contribution is 2.32. The number of likely N-dealkylation sites (N-methyl/N-ethyl adjacent to an activating group) is 1. The molecule has 2 N–H and O–H groups in total. The highest BCUT2D eigenvalue weighted by Gasteiger charge is 2.37. The molecule has 3 amide bonds. The number of furan rings is 1. The number of phenols is 1. The van der Waals surface area contributed by atoms with Crippen LogP contribution < -0.4 is 0 Å². The minimum Gasteiger partial charge on any atom is -0.508 e. The minimum atomic E-state index is -0.969. The smallest absolute Gasteiger partial charge is 0.294 e. The minimum absolute atomic E-state index is 0.0257. The van der Waals surface area contributed by atoms with Crippen molar-refractivity contribution in [2.24, 2.45) is 0 Å². The molecule has 0 aliphatic carbocycles. The van der Waals surface area contributed by atoms with Crippen LogP contribution in [0.5, 0.6) is 5.75 Å². The lowest BCUT2D eigenvalue weighted by atomic mass is 10.1. The van der Waals surface area contributed by atoms with E-state index in [-0.39, 0.29) is 17.2 Å². The first-order valence-corrected chi connectivity index (χ1v) is 9.16. The van der Waals surface area contributed by atoms with Gasteiger partial charge in [-0.05, 0) is 41.6 Å².